The molecular formula is C21H40IN7O. The number of hydrogen-bond acceptors (Lipinski definition) is 5. The van der Waals surface area contributed by atoms with Crippen LogP contribution in [0.15, 0.2) is 4.99 Å². The lowest BCUT2D eigenvalue weighted by atomic mass is 9.86. The highest BCUT2D eigenvalue weighted by Crippen LogP contribution is 2.26. The van der Waals surface area contributed by atoms with E-state index in [0.717, 1.165) is 69.5 Å². The molecule has 1 saturated carbocycles. The zero-order valence-electron chi connectivity index (χ0n) is 18.7. The minimum absolute atomic E-state index is 0. The summed E-state index contributed by atoms with van der Waals surface area (Å²) in [6.07, 6.45) is 9.65. The summed E-state index contributed by atoms with van der Waals surface area (Å²) in [5.74, 6) is 3.61. The van der Waals surface area contributed by atoms with Crippen LogP contribution in [0.25, 0.3) is 0 Å². The molecule has 3 rings (SSSR count). The average Bonchev–Trinajstić information content (AvgIpc) is 3.08. The minimum Gasteiger partial charge on any atom is -0.379 e. The number of rotatable bonds is 9. The van der Waals surface area contributed by atoms with E-state index >= 15 is 0 Å². The first-order valence-electron chi connectivity index (χ1n) is 11.4. The Hall–Kier alpha value is -0.940. The predicted octanol–water partition coefficient (Wildman–Crippen LogP) is 2.47. The van der Waals surface area contributed by atoms with E-state index in [1.807, 2.05) is 18.5 Å². The Labute approximate surface area is 198 Å². The van der Waals surface area contributed by atoms with Gasteiger partial charge in [0.1, 0.15) is 12.4 Å². The molecule has 0 amide bonds. The summed E-state index contributed by atoms with van der Waals surface area (Å²) in [5, 5.41) is 15.4. The molecule has 1 saturated heterocycles. The zero-order chi connectivity index (χ0) is 20.3. The Morgan fingerprint density at radius 1 is 1.10 bits per heavy atom. The Bertz CT molecular complexity index is 625. The summed E-state index contributed by atoms with van der Waals surface area (Å²) in [4.78, 5) is 7.20. The lowest BCUT2D eigenvalue weighted by molar-refractivity contribution is 0.0389. The van der Waals surface area contributed by atoms with Crippen molar-refractivity contribution in [2.75, 3.05) is 45.9 Å². The lowest BCUT2D eigenvalue weighted by Crippen LogP contribution is -2.44. The molecule has 172 valence electrons. The smallest absolute Gasteiger partial charge is 0.191 e. The third-order valence-electron chi connectivity index (χ3n) is 6.19. The monoisotopic (exact) mass is 533 g/mol. The first kappa shape index (κ1) is 25.3. The van der Waals surface area contributed by atoms with Crippen LogP contribution in [0.5, 0.6) is 0 Å². The van der Waals surface area contributed by atoms with E-state index in [9.17, 15) is 0 Å². The van der Waals surface area contributed by atoms with E-state index in [-0.39, 0.29) is 24.0 Å². The maximum absolute atomic E-state index is 5.43. The molecule has 0 unspecified atom stereocenters. The predicted molar refractivity (Wildman–Crippen MR) is 131 cm³/mol. The van der Waals surface area contributed by atoms with E-state index in [1.54, 1.807) is 0 Å². The third kappa shape index (κ3) is 8.66. The standard InChI is InChI=1S/C21H39N7O.HI/c1-18-25-26-20(27(18)2)17-24-21(23-11-12-28-13-15-29-16-14-28)22-10-6-9-19-7-4-3-5-8-19;/h19H,3-17H2,1-2H3,(H2,22,23,24);1H. The van der Waals surface area contributed by atoms with Crippen LogP contribution in [-0.2, 0) is 18.3 Å². The molecule has 2 heterocycles. The maximum Gasteiger partial charge on any atom is 0.191 e. The van der Waals surface area contributed by atoms with Gasteiger partial charge in [-0.15, -0.1) is 34.2 Å². The molecule has 0 spiro atoms. The summed E-state index contributed by atoms with van der Waals surface area (Å²) >= 11 is 0. The van der Waals surface area contributed by atoms with Gasteiger partial charge in [0, 0.05) is 39.8 Å². The van der Waals surface area contributed by atoms with Crippen LogP contribution in [0.2, 0.25) is 0 Å². The van der Waals surface area contributed by atoms with Gasteiger partial charge in [-0.05, 0) is 25.7 Å². The molecule has 8 nitrogen and oxygen atoms in total. The molecule has 1 aromatic heterocycles. The minimum atomic E-state index is 0. The molecule has 0 aromatic carbocycles. The van der Waals surface area contributed by atoms with Crippen LogP contribution in [0.4, 0.5) is 0 Å². The second-order valence-corrected chi connectivity index (χ2v) is 8.34. The number of halogens is 1. The normalized spacial score (nSPS) is 18.8. The summed E-state index contributed by atoms with van der Waals surface area (Å²) in [5.41, 5.74) is 0. The van der Waals surface area contributed by atoms with Crippen molar-refractivity contribution < 1.29 is 4.74 Å². The van der Waals surface area contributed by atoms with Crippen molar-refractivity contribution in [1.82, 2.24) is 30.3 Å². The molecule has 2 N–H and O–H groups in total. The summed E-state index contributed by atoms with van der Waals surface area (Å²) in [6.45, 7) is 9.07. The fourth-order valence-electron chi connectivity index (χ4n) is 4.14. The van der Waals surface area contributed by atoms with Crippen LogP contribution in [0.1, 0.15) is 56.6 Å². The van der Waals surface area contributed by atoms with Gasteiger partial charge in [0.15, 0.2) is 11.8 Å². The van der Waals surface area contributed by atoms with E-state index in [2.05, 4.69) is 25.7 Å². The number of hydrogen-bond donors (Lipinski definition) is 2. The Kier molecular flexibility index (Phi) is 12.0. The fraction of sp³-hybridized carbons (Fsp3) is 0.857. The topological polar surface area (TPSA) is 79.6 Å². The molecule has 1 aliphatic heterocycles. The fourth-order valence-corrected chi connectivity index (χ4v) is 4.14. The Morgan fingerprint density at radius 3 is 2.53 bits per heavy atom. The van der Waals surface area contributed by atoms with Gasteiger partial charge in [0.25, 0.3) is 0 Å². The Morgan fingerprint density at radius 2 is 1.83 bits per heavy atom. The molecule has 9 heteroatoms. The quantitative estimate of drug-likeness (QED) is 0.220. The third-order valence-corrected chi connectivity index (χ3v) is 6.19. The molecule has 0 atom stereocenters. The van der Waals surface area contributed by atoms with Crippen molar-refractivity contribution in [3.8, 4) is 0 Å². The summed E-state index contributed by atoms with van der Waals surface area (Å²) < 4.78 is 7.43. The number of ether oxygens (including phenoxy) is 1. The summed E-state index contributed by atoms with van der Waals surface area (Å²) in [7, 11) is 1.99. The van der Waals surface area contributed by atoms with Crippen LogP contribution in [0, 0.1) is 12.8 Å². The van der Waals surface area contributed by atoms with Crippen molar-refractivity contribution in [2.24, 2.45) is 18.0 Å². The average molecular weight is 534 g/mol. The second kappa shape index (κ2) is 14.2. The van der Waals surface area contributed by atoms with Gasteiger partial charge in [0.05, 0.1) is 13.2 Å². The van der Waals surface area contributed by atoms with E-state index in [0.29, 0.717) is 6.54 Å². The van der Waals surface area contributed by atoms with Gasteiger partial charge in [0.2, 0.25) is 0 Å². The second-order valence-electron chi connectivity index (χ2n) is 8.34. The Balaban J connectivity index is 0.00000320. The van der Waals surface area contributed by atoms with Crippen LogP contribution in [-0.4, -0.2) is 71.6 Å². The van der Waals surface area contributed by atoms with Crippen LogP contribution >= 0.6 is 24.0 Å². The summed E-state index contributed by atoms with van der Waals surface area (Å²) in [6, 6.07) is 0. The molecular weight excluding hydrogens is 493 g/mol. The highest BCUT2D eigenvalue weighted by Gasteiger charge is 2.13. The van der Waals surface area contributed by atoms with Gasteiger partial charge < -0.3 is 19.9 Å². The van der Waals surface area contributed by atoms with Crippen LogP contribution < -0.4 is 10.6 Å². The SMILES string of the molecule is Cc1nnc(CN=C(NCCCC2CCCCC2)NCCN2CCOCC2)n1C.I. The maximum atomic E-state index is 5.43. The molecule has 0 radical (unpaired) electrons. The van der Waals surface area contributed by atoms with Crippen molar-refractivity contribution >= 4 is 29.9 Å². The number of aliphatic imine (C=N–C) groups is 1. The number of morpholine rings is 1. The lowest BCUT2D eigenvalue weighted by Gasteiger charge is -2.26. The highest BCUT2D eigenvalue weighted by molar-refractivity contribution is 14.0. The van der Waals surface area contributed by atoms with Crippen molar-refractivity contribution in [3.63, 3.8) is 0 Å². The van der Waals surface area contributed by atoms with Gasteiger partial charge in [-0.25, -0.2) is 4.99 Å². The van der Waals surface area contributed by atoms with Crippen LogP contribution in [0.3, 0.4) is 0 Å². The number of nitrogens with zero attached hydrogens (tertiary/aromatic N) is 5. The first-order valence-corrected chi connectivity index (χ1v) is 11.4. The number of aryl methyl sites for hydroxylation is 1. The first-order chi connectivity index (χ1) is 14.2. The van der Waals surface area contributed by atoms with Gasteiger partial charge in [-0.3, -0.25) is 4.90 Å². The van der Waals surface area contributed by atoms with Crippen molar-refractivity contribution in [3.05, 3.63) is 11.6 Å². The zero-order valence-corrected chi connectivity index (χ0v) is 21.1. The van der Waals surface area contributed by atoms with E-state index in [1.165, 1.54) is 44.9 Å². The van der Waals surface area contributed by atoms with E-state index < -0.39 is 0 Å². The van der Waals surface area contributed by atoms with Gasteiger partial charge >= 0.3 is 0 Å². The van der Waals surface area contributed by atoms with Crippen molar-refractivity contribution in [2.45, 2.75) is 58.4 Å². The number of guanidine groups is 1. The molecule has 30 heavy (non-hydrogen) atoms. The van der Waals surface area contributed by atoms with E-state index in [4.69, 9.17) is 9.73 Å². The molecule has 0 bridgehead atoms. The number of nitrogens with one attached hydrogen (secondary N) is 2. The number of aromatic nitrogens is 3. The van der Waals surface area contributed by atoms with Crippen molar-refractivity contribution in [1.29, 1.82) is 0 Å². The van der Waals surface area contributed by atoms with Gasteiger partial charge in [-0.2, -0.15) is 0 Å². The highest BCUT2D eigenvalue weighted by atomic mass is 127. The molecule has 2 fully saturated rings. The molecule has 2 aliphatic rings. The molecule has 1 aromatic rings. The molecule has 1 aliphatic carbocycles. The largest absolute Gasteiger partial charge is 0.379 e. The van der Waals surface area contributed by atoms with Gasteiger partial charge in [-0.1, -0.05) is 32.1 Å².